The molecule has 1 heterocycles. The van der Waals surface area contributed by atoms with E-state index in [2.05, 4.69) is 31.0 Å². The van der Waals surface area contributed by atoms with E-state index in [0.717, 1.165) is 5.75 Å². The zero-order valence-electron chi connectivity index (χ0n) is 41.0. The topological polar surface area (TPSA) is 43.1 Å². The van der Waals surface area contributed by atoms with Gasteiger partial charge in [-0.15, -0.1) is 0 Å². The summed E-state index contributed by atoms with van der Waals surface area (Å²) in [6.07, 6.45) is -49.7. The number of ether oxygens (including phenoxy) is 1. The van der Waals surface area contributed by atoms with Crippen molar-refractivity contribution in [2.75, 3.05) is 0 Å². The van der Waals surface area contributed by atoms with Crippen LogP contribution in [0.3, 0.4) is 0 Å². The van der Waals surface area contributed by atoms with Crippen LogP contribution in [0.25, 0.3) is 0 Å². The fourth-order valence-electron chi connectivity index (χ4n) is 8.55. The van der Waals surface area contributed by atoms with Crippen molar-refractivity contribution >= 4 is 33.8 Å². The molecule has 0 unspecified atom stereocenters. The molecule has 0 aliphatic carbocycles. The van der Waals surface area contributed by atoms with Gasteiger partial charge in [0.15, 0.2) is 6.20 Å². The van der Waals surface area contributed by atoms with Gasteiger partial charge in [0.2, 0.25) is 18.5 Å². The van der Waals surface area contributed by atoms with Crippen LogP contribution in [0.15, 0.2) is 146 Å². The van der Waals surface area contributed by atoms with E-state index in [1.807, 2.05) is 42.5 Å². The van der Waals surface area contributed by atoms with Gasteiger partial charge in [0.25, 0.3) is 5.88 Å². The lowest BCUT2D eigenvalue weighted by atomic mass is 9.12. The Morgan fingerprint density at radius 2 is 0.732 bits per heavy atom. The first-order valence-electron chi connectivity index (χ1n) is 22.9. The molecule has 82 heavy (non-hydrogen) atoms. The second kappa shape index (κ2) is 22.5. The lowest BCUT2D eigenvalue weighted by molar-refractivity contribution is -0.683. The van der Waals surface area contributed by atoms with Crippen molar-refractivity contribution in [3.8, 4) is 11.6 Å². The molecular weight excluding hydrogens is 1160 g/mol. The molecule has 0 radical (unpaired) electrons. The Morgan fingerprint density at radius 3 is 1.00 bits per heavy atom. The standard InChI is InChI=1S/C32H12BF24.C21H21N2O2/c34-25(35,36)13-1-14(26(37,38)39)6-21(5-13)33(22-7-15(27(40,41)42)2-16(8-22)28(43,44)45,23-9-17(29(46,47)48)3-18(10-23)30(49,50)51)24-11-19(31(52,53)54)4-20(12-24)32(55,56)57;1-16(2)17-8-10-19(11-9-17)25-21-15-23(13-12-22-21)14-20(24)18-6-4-3-5-7-18/h1-12H;3-13,15-16H,14H2,1-2H3/q-1;+1. The molecule has 4 nitrogen and oxygen atoms in total. The van der Waals surface area contributed by atoms with Crippen LogP contribution < -0.4 is 31.2 Å². The van der Waals surface area contributed by atoms with E-state index in [-0.39, 0.29) is 12.3 Å². The van der Waals surface area contributed by atoms with Crippen molar-refractivity contribution in [1.82, 2.24) is 4.98 Å². The van der Waals surface area contributed by atoms with Gasteiger partial charge in [-0.05, 0) is 47.9 Å². The Bertz CT molecular complexity index is 2970. The Balaban J connectivity index is 0.000000357. The summed E-state index contributed by atoms with van der Waals surface area (Å²) >= 11 is 0. The average Bonchev–Trinajstić information content (AvgIpc) is 1.16. The maximum absolute atomic E-state index is 14.2. The highest BCUT2D eigenvalue weighted by molar-refractivity contribution is 7.20. The third-order valence-electron chi connectivity index (χ3n) is 12.4. The third kappa shape index (κ3) is 15.0. The number of alkyl halides is 24. The first kappa shape index (κ1) is 63.4. The number of carbonyl (C=O) groups excluding carboxylic acids is 1. The maximum atomic E-state index is 14.2. The van der Waals surface area contributed by atoms with Crippen molar-refractivity contribution in [1.29, 1.82) is 0 Å². The van der Waals surface area contributed by atoms with Gasteiger partial charge in [0.05, 0.1) is 50.7 Å². The lowest BCUT2D eigenvalue weighted by Crippen LogP contribution is -2.75. The van der Waals surface area contributed by atoms with Gasteiger partial charge in [-0.3, -0.25) is 4.79 Å². The molecule has 438 valence electrons. The lowest BCUT2D eigenvalue weighted by Gasteiger charge is -2.46. The molecule has 0 aliphatic rings. The number of nitrogens with zero attached hydrogens (tertiary/aromatic N) is 2. The molecule has 0 saturated heterocycles. The second-order valence-electron chi connectivity index (χ2n) is 18.4. The summed E-state index contributed by atoms with van der Waals surface area (Å²) in [7, 11) is 0. The Kier molecular flexibility index (Phi) is 17.4. The van der Waals surface area contributed by atoms with Crippen molar-refractivity contribution in [2.24, 2.45) is 0 Å². The minimum Gasteiger partial charge on any atom is -0.434 e. The molecule has 7 rings (SSSR count). The number of aromatic nitrogens is 2. The molecule has 0 amide bonds. The smallest absolute Gasteiger partial charge is 0.416 e. The summed E-state index contributed by atoms with van der Waals surface area (Å²) in [5.74, 6) is 1.71. The first-order chi connectivity index (χ1) is 37.4. The van der Waals surface area contributed by atoms with Gasteiger partial charge in [-0.25, -0.2) is 4.98 Å². The highest BCUT2D eigenvalue weighted by Gasteiger charge is 2.47. The summed E-state index contributed by atoms with van der Waals surface area (Å²) in [5.41, 5.74) is -28.3. The van der Waals surface area contributed by atoms with E-state index in [4.69, 9.17) is 4.74 Å². The van der Waals surface area contributed by atoms with Crippen LogP contribution in [0.5, 0.6) is 11.6 Å². The molecule has 7 aromatic rings. The predicted molar refractivity (Wildman–Crippen MR) is 246 cm³/mol. The van der Waals surface area contributed by atoms with E-state index in [0.29, 0.717) is 17.4 Å². The second-order valence-corrected chi connectivity index (χ2v) is 18.4. The fraction of sp³-hybridized carbons (Fsp3) is 0.226. The SMILES string of the molecule is CC(C)c1ccc(Oc2c[n+](CC(=O)c3ccccc3)ccn2)cc1.FC(F)(F)c1cc([B-](c2cc(C(F)(F)F)cc(C(F)(F)F)c2)(c2cc(C(F)(F)F)cc(C(F)(F)F)c2)c2cc(C(F)(F)F)cc(C(F)(F)F)c2)cc(C(F)(F)F)c1. The summed E-state index contributed by atoms with van der Waals surface area (Å²) in [5, 5.41) is 0. The number of benzene rings is 6. The monoisotopic (exact) mass is 1200 g/mol. The molecule has 0 N–H and O–H groups in total. The molecule has 0 bridgehead atoms. The van der Waals surface area contributed by atoms with Gasteiger partial charge < -0.3 is 4.74 Å². The van der Waals surface area contributed by atoms with Crippen LogP contribution in [-0.4, -0.2) is 16.9 Å². The van der Waals surface area contributed by atoms with E-state index >= 15 is 0 Å². The molecule has 0 saturated carbocycles. The van der Waals surface area contributed by atoms with Gasteiger partial charge in [-0.1, -0.05) is 105 Å². The Labute approximate surface area is 446 Å². The summed E-state index contributed by atoms with van der Waals surface area (Å²) in [6.45, 7) is 4.55. The average molecular weight is 1200 g/mol. The molecule has 0 atom stereocenters. The molecule has 0 fully saturated rings. The van der Waals surface area contributed by atoms with Crippen LogP contribution in [0.1, 0.15) is 80.2 Å². The largest absolute Gasteiger partial charge is 0.434 e. The number of carbonyl (C=O) groups is 1. The van der Waals surface area contributed by atoms with E-state index < -0.39 is 195 Å². The Hall–Kier alpha value is -7.75. The van der Waals surface area contributed by atoms with Gasteiger partial charge in [-0.2, -0.15) is 132 Å². The van der Waals surface area contributed by atoms with Gasteiger partial charge in [0.1, 0.15) is 11.9 Å². The molecule has 6 aromatic carbocycles. The van der Waals surface area contributed by atoms with Crippen LogP contribution in [0, 0.1) is 0 Å². The summed E-state index contributed by atoms with van der Waals surface area (Å²) in [6, 6.07) is 8.41. The third-order valence-corrected chi connectivity index (χ3v) is 12.4. The maximum Gasteiger partial charge on any atom is 0.416 e. The predicted octanol–water partition coefficient (Wildman–Crippen LogP) is 15.4. The first-order valence-corrected chi connectivity index (χ1v) is 22.9. The highest BCUT2D eigenvalue weighted by Crippen LogP contribution is 2.41. The van der Waals surface area contributed by atoms with Crippen molar-refractivity contribution in [3.63, 3.8) is 0 Å². The van der Waals surface area contributed by atoms with Crippen LogP contribution in [-0.2, 0) is 56.0 Å². The number of hydrogen-bond donors (Lipinski definition) is 0. The normalized spacial score (nSPS) is 13.2. The van der Waals surface area contributed by atoms with E-state index in [1.54, 1.807) is 23.2 Å². The summed E-state index contributed by atoms with van der Waals surface area (Å²) in [4.78, 5) is 16.5. The van der Waals surface area contributed by atoms with E-state index in [9.17, 15) is 110 Å². The van der Waals surface area contributed by atoms with Gasteiger partial charge in [0, 0.05) is 5.56 Å². The summed E-state index contributed by atoms with van der Waals surface area (Å²) < 4.78 is 348. The number of halogens is 24. The minimum atomic E-state index is -6.13. The van der Waals surface area contributed by atoms with Crippen molar-refractivity contribution in [3.05, 3.63) is 202 Å². The molecule has 0 aliphatic heterocycles. The van der Waals surface area contributed by atoms with Crippen molar-refractivity contribution in [2.45, 2.75) is 75.7 Å². The number of rotatable bonds is 10. The molecular formula is C53H33BF24N2O2. The zero-order chi connectivity index (χ0) is 61.6. The van der Waals surface area contributed by atoms with Crippen LogP contribution in [0.4, 0.5) is 105 Å². The van der Waals surface area contributed by atoms with Crippen LogP contribution in [0.2, 0.25) is 0 Å². The molecule has 29 heteroatoms. The Morgan fingerprint density at radius 1 is 0.439 bits per heavy atom. The molecule has 0 spiro atoms. The molecule has 1 aromatic heterocycles. The highest BCUT2D eigenvalue weighted by atomic mass is 19.4. The minimum absolute atomic E-state index is 0.0454. The quantitative estimate of drug-likeness (QED) is 0.0593. The van der Waals surface area contributed by atoms with Crippen molar-refractivity contribution < 1.29 is 119 Å². The van der Waals surface area contributed by atoms with E-state index in [1.165, 1.54) is 5.56 Å². The van der Waals surface area contributed by atoms with Crippen LogP contribution >= 0.6 is 0 Å². The zero-order valence-corrected chi connectivity index (χ0v) is 41.0. The number of Topliss-reactive ketones (excluding diaryl/α,β-unsaturated/α-hetero) is 1. The fourth-order valence-corrected chi connectivity index (χ4v) is 8.55. The van der Waals surface area contributed by atoms with Gasteiger partial charge >= 0.3 is 49.4 Å². The number of ketones is 1. The number of hydrogen-bond acceptors (Lipinski definition) is 3.